The highest BCUT2D eigenvalue weighted by Crippen LogP contribution is 2.33. The first-order valence-electron chi connectivity index (χ1n) is 10.8. The van der Waals surface area contributed by atoms with E-state index in [4.69, 9.17) is 20.5 Å². The average molecular weight is 451 g/mol. The van der Waals surface area contributed by atoms with Gasteiger partial charge in [-0.15, -0.1) is 0 Å². The van der Waals surface area contributed by atoms with Crippen molar-refractivity contribution < 1.29 is 9.53 Å². The number of benzene rings is 1. The molecule has 33 heavy (non-hydrogen) atoms. The summed E-state index contributed by atoms with van der Waals surface area (Å²) in [6.07, 6.45) is 5.11. The van der Waals surface area contributed by atoms with Gasteiger partial charge in [0.2, 0.25) is 6.41 Å². The highest BCUT2D eigenvalue weighted by Gasteiger charge is 2.16. The van der Waals surface area contributed by atoms with Crippen LogP contribution in [0.15, 0.2) is 36.5 Å². The van der Waals surface area contributed by atoms with Gasteiger partial charge in [0.05, 0.1) is 19.2 Å². The molecule has 0 aliphatic heterocycles. The van der Waals surface area contributed by atoms with Gasteiger partial charge in [-0.1, -0.05) is 38.8 Å². The van der Waals surface area contributed by atoms with Gasteiger partial charge < -0.3 is 15.8 Å². The summed E-state index contributed by atoms with van der Waals surface area (Å²) in [5.41, 5.74) is 11.4. The molecule has 0 spiro atoms. The van der Waals surface area contributed by atoms with Crippen LogP contribution in [0, 0.1) is 25.2 Å². The van der Waals surface area contributed by atoms with Crippen molar-refractivity contribution in [2.75, 3.05) is 19.9 Å². The van der Waals surface area contributed by atoms with Crippen LogP contribution in [0.1, 0.15) is 49.2 Å². The molecule has 0 aliphatic rings. The Balaban J connectivity index is 0.000000591. The van der Waals surface area contributed by atoms with E-state index in [9.17, 15) is 0 Å². The molecule has 8 nitrogen and oxygen atoms in total. The molecule has 0 aliphatic carbocycles. The number of hydrogen-bond donors (Lipinski definition) is 2. The maximum absolute atomic E-state index is 9.13. The molecule has 1 amide bonds. The predicted octanol–water partition coefficient (Wildman–Crippen LogP) is 4.24. The third-order valence-electron chi connectivity index (χ3n) is 4.77. The Bertz CT molecular complexity index is 1050. The Morgan fingerprint density at radius 3 is 2.36 bits per heavy atom. The second kappa shape index (κ2) is 14.2. The van der Waals surface area contributed by atoms with Gasteiger partial charge in [0.25, 0.3) is 0 Å². The van der Waals surface area contributed by atoms with E-state index in [1.165, 1.54) is 12.8 Å². The minimum atomic E-state index is 0.448. The molecule has 0 bridgehead atoms. The van der Waals surface area contributed by atoms with Gasteiger partial charge in [0, 0.05) is 30.2 Å². The number of carbonyl (C=O) groups is 1. The first-order chi connectivity index (χ1) is 15.9. The number of methoxy groups -OCH3 is 1. The van der Waals surface area contributed by atoms with Crippen molar-refractivity contribution in [3.05, 3.63) is 59.0 Å². The largest absolute Gasteiger partial charge is 0.495 e. The van der Waals surface area contributed by atoms with Gasteiger partial charge in [-0.05, 0) is 43.2 Å². The number of ether oxygens (including phenoxy) is 1. The first-order valence-corrected chi connectivity index (χ1v) is 10.8. The summed E-state index contributed by atoms with van der Waals surface area (Å²) in [6, 6.07) is 11.5. The number of aromatic nitrogens is 3. The molecule has 3 rings (SSSR count). The molecule has 0 radical (unpaired) electrons. The number of aryl methyl sites for hydroxylation is 1. The fraction of sp³-hybridized carbons (Fsp3) is 0.360. The number of nitriles is 1. The molecule has 2 heterocycles. The van der Waals surface area contributed by atoms with Crippen molar-refractivity contribution in [2.24, 2.45) is 0 Å². The minimum Gasteiger partial charge on any atom is -0.495 e. The number of nitrogen functional groups attached to an aromatic ring is 1. The van der Waals surface area contributed by atoms with Crippen LogP contribution in [0.4, 0.5) is 5.82 Å². The number of pyridine rings is 1. The number of anilines is 1. The summed E-state index contributed by atoms with van der Waals surface area (Å²) in [4.78, 5) is 13.4. The number of amides is 1. The zero-order valence-electron chi connectivity index (χ0n) is 20.3. The van der Waals surface area contributed by atoms with Gasteiger partial charge in [-0.2, -0.15) is 10.4 Å². The Kier molecular flexibility index (Phi) is 11.7. The molecule has 8 heteroatoms. The van der Waals surface area contributed by atoms with Gasteiger partial charge in [0.15, 0.2) is 5.82 Å². The third-order valence-corrected chi connectivity index (χ3v) is 4.77. The second-order valence-corrected chi connectivity index (χ2v) is 7.24. The summed E-state index contributed by atoms with van der Waals surface area (Å²) in [7, 11) is 3.11. The third kappa shape index (κ3) is 7.96. The molecule has 0 saturated carbocycles. The van der Waals surface area contributed by atoms with Gasteiger partial charge in [-0.25, -0.2) is 0 Å². The molecular weight excluding hydrogens is 416 g/mol. The number of hydrogen-bond acceptors (Lipinski definition) is 6. The van der Waals surface area contributed by atoms with Crippen LogP contribution in [-0.2, 0) is 11.3 Å². The van der Waals surface area contributed by atoms with E-state index in [1.54, 1.807) is 20.2 Å². The summed E-state index contributed by atoms with van der Waals surface area (Å²) in [5, 5.41) is 15.8. The van der Waals surface area contributed by atoms with Crippen LogP contribution < -0.4 is 15.8 Å². The van der Waals surface area contributed by atoms with Gasteiger partial charge in [0.1, 0.15) is 11.8 Å². The van der Waals surface area contributed by atoms with E-state index in [0.29, 0.717) is 30.1 Å². The molecule has 0 fully saturated rings. The standard InChI is InChI=1S/C19H19N5O.C4H10.C2H5NO/c1-12-4-5-14(10-22-12)11-24-13(2)18(19(21)23-24)15-6-7-16(9-20)17(8-15)25-3;1-3-4-2;1-3-2-4/h4-8,10H,11H2,1-3H3,(H2,21,23);3-4H2,1-2H3;2H,1H3,(H,3,4). The summed E-state index contributed by atoms with van der Waals surface area (Å²) >= 11 is 0. The molecule has 0 atom stereocenters. The van der Waals surface area contributed by atoms with E-state index in [0.717, 1.165) is 28.1 Å². The lowest BCUT2D eigenvalue weighted by atomic mass is 10.0. The number of nitrogens with two attached hydrogens (primary N) is 1. The number of rotatable bonds is 6. The molecule has 3 N–H and O–H groups in total. The molecule has 0 unspecified atom stereocenters. The van der Waals surface area contributed by atoms with E-state index < -0.39 is 0 Å². The second-order valence-electron chi connectivity index (χ2n) is 7.24. The number of carbonyl (C=O) groups excluding carboxylic acids is 1. The Labute approximate surface area is 196 Å². The van der Waals surface area contributed by atoms with Gasteiger partial charge in [-0.3, -0.25) is 14.5 Å². The molecule has 3 aromatic rings. The lowest BCUT2D eigenvalue weighted by Crippen LogP contribution is -2.04. The van der Waals surface area contributed by atoms with Crippen LogP contribution in [-0.4, -0.2) is 35.3 Å². The Morgan fingerprint density at radius 1 is 1.21 bits per heavy atom. The minimum absolute atomic E-state index is 0.448. The van der Waals surface area contributed by atoms with Crippen LogP contribution >= 0.6 is 0 Å². The lowest BCUT2D eigenvalue weighted by molar-refractivity contribution is -0.109. The van der Waals surface area contributed by atoms with E-state index in [2.05, 4.69) is 35.3 Å². The number of nitrogens with one attached hydrogen (secondary N) is 1. The summed E-state index contributed by atoms with van der Waals surface area (Å²) < 4.78 is 7.16. The fourth-order valence-electron chi connectivity index (χ4n) is 2.78. The van der Waals surface area contributed by atoms with Crippen molar-refractivity contribution in [3.63, 3.8) is 0 Å². The van der Waals surface area contributed by atoms with Crippen molar-refractivity contribution in [2.45, 2.75) is 47.1 Å². The topological polar surface area (TPSA) is 119 Å². The van der Waals surface area contributed by atoms with E-state index in [1.807, 2.05) is 49.0 Å². The normalized spacial score (nSPS) is 9.48. The average Bonchev–Trinajstić information content (AvgIpc) is 3.12. The van der Waals surface area contributed by atoms with Crippen LogP contribution in [0.3, 0.4) is 0 Å². The Hall–Kier alpha value is -3.86. The quantitative estimate of drug-likeness (QED) is 0.542. The van der Waals surface area contributed by atoms with Gasteiger partial charge >= 0.3 is 0 Å². The first kappa shape index (κ1) is 27.2. The zero-order chi connectivity index (χ0) is 24.8. The number of nitrogens with zero attached hydrogens (tertiary/aromatic N) is 4. The Morgan fingerprint density at radius 2 is 1.88 bits per heavy atom. The monoisotopic (exact) mass is 450 g/mol. The van der Waals surface area contributed by atoms with Crippen LogP contribution in [0.5, 0.6) is 5.75 Å². The van der Waals surface area contributed by atoms with E-state index >= 15 is 0 Å². The lowest BCUT2D eigenvalue weighted by Gasteiger charge is -2.08. The maximum atomic E-state index is 9.13. The SMILES string of the molecule is CCCC.CNC=O.COc1cc(-c2c(N)nn(Cc3ccc(C)nc3)c2C)ccc1C#N. The number of unbranched alkanes of at least 4 members (excludes halogenated alkanes) is 1. The highest BCUT2D eigenvalue weighted by atomic mass is 16.5. The smallest absolute Gasteiger partial charge is 0.206 e. The molecule has 1 aromatic carbocycles. The van der Waals surface area contributed by atoms with Crippen molar-refractivity contribution in [1.29, 1.82) is 5.26 Å². The van der Waals surface area contributed by atoms with Crippen molar-refractivity contribution in [3.8, 4) is 22.9 Å². The zero-order valence-corrected chi connectivity index (χ0v) is 20.3. The fourth-order valence-corrected chi connectivity index (χ4v) is 2.78. The molecule has 0 saturated heterocycles. The van der Waals surface area contributed by atoms with Crippen LogP contribution in [0.25, 0.3) is 11.1 Å². The molecular formula is C25H34N6O2. The highest BCUT2D eigenvalue weighted by molar-refractivity contribution is 5.78. The van der Waals surface area contributed by atoms with Crippen molar-refractivity contribution in [1.82, 2.24) is 20.1 Å². The maximum Gasteiger partial charge on any atom is 0.206 e. The summed E-state index contributed by atoms with van der Waals surface area (Å²) in [5.74, 6) is 0.971. The summed E-state index contributed by atoms with van der Waals surface area (Å²) in [6.45, 7) is 8.89. The van der Waals surface area contributed by atoms with Crippen molar-refractivity contribution >= 4 is 12.2 Å². The van der Waals surface area contributed by atoms with Crippen LogP contribution in [0.2, 0.25) is 0 Å². The predicted molar refractivity (Wildman–Crippen MR) is 132 cm³/mol. The van der Waals surface area contributed by atoms with E-state index in [-0.39, 0.29) is 0 Å². The molecule has 2 aromatic heterocycles. The molecule has 176 valence electrons.